The van der Waals surface area contributed by atoms with Crippen molar-refractivity contribution in [3.8, 4) is 11.5 Å². The first-order valence-electron chi connectivity index (χ1n) is 6.11. The summed E-state index contributed by atoms with van der Waals surface area (Å²) < 4.78 is 20.4. The molecule has 0 spiro atoms. The minimum atomic E-state index is -0.413. The first-order chi connectivity index (χ1) is 9.51. The van der Waals surface area contributed by atoms with E-state index in [9.17, 15) is 4.39 Å². The maximum absolute atomic E-state index is 14.0. The van der Waals surface area contributed by atoms with Crippen molar-refractivity contribution in [3.05, 3.63) is 57.3 Å². The van der Waals surface area contributed by atoms with Gasteiger partial charge in [-0.15, -0.1) is 0 Å². The van der Waals surface area contributed by atoms with Crippen molar-refractivity contribution < 1.29 is 9.13 Å². The van der Waals surface area contributed by atoms with E-state index in [1.54, 1.807) is 24.3 Å². The van der Waals surface area contributed by atoms with E-state index in [1.165, 1.54) is 6.07 Å². The average Bonchev–Trinajstić information content (AvgIpc) is 2.42. The Morgan fingerprint density at radius 3 is 2.50 bits per heavy atom. The fourth-order valence-corrected chi connectivity index (χ4v) is 2.42. The summed E-state index contributed by atoms with van der Waals surface area (Å²) in [4.78, 5) is 0. The highest BCUT2D eigenvalue weighted by atomic mass is 79.9. The smallest absolute Gasteiger partial charge is 0.166 e. The van der Waals surface area contributed by atoms with E-state index in [4.69, 9.17) is 16.3 Å². The minimum absolute atomic E-state index is 0.0785. The quantitative estimate of drug-likeness (QED) is 0.799. The van der Waals surface area contributed by atoms with Gasteiger partial charge >= 0.3 is 0 Å². The number of halogens is 3. The van der Waals surface area contributed by atoms with Gasteiger partial charge in [-0.25, -0.2) is 4.39 Å². The fraction of sp³-hybridized carbons (Fsp3) is 0.200. The Labute approximate surface area is 131 Å². The van der Waals surface area contributed by atoms with Gasteiger partial charge in [0.05, 0.1) is 5.02 Å². The van der Waals surface area contributed by atoms with Crippen LogP contribution >= 0.6 is 27.5 Å². The molecule has 1 unspecified atom stereocenters. The van der Waals surface area contributed by atoms with Crippen LogP contribution in [0.1, 0.15) is 18.5 Å². The number of benzene rings is 2. The summed E-state index contributed by atoms with van der Waals surface area (Å²) in [5.41, 5.74) is 0.860. The van der Waals surface area contributed by atoms with E-state index in [-0.39, 0.29) is 11.8 Å². The number of ether oxygens (including phenoxy) is 1. The van der Waals surface area contributed by atoms with Crippen LogP contribution in [-0.4, -0.2) is 7.05 Å². The molecule has 20 heavy (non-hydrogen) atoms. The van der Waals surface area contributed by atoms with Crippen molar-refractivity contribution in [2.75, 3.05) is 7.05 Å². The molecule has 0 saturated heterocycles. The molecule has 106 valence electrons. The molecule has 0 aliphatic heterocycles. The monoisotopic (exact) mass is 357 g/mol. The van der Waals surface area contributed by atoms with Gasteiger partial charge in [0, 0.05) is 10.5 Å². The first kappa shape index (κ1) is 15.3. The van der Waals surface area contributed by atoms with E-state index in [2.05, 4.69) is 21.2 Å². The molecule has 2 aromatic rings. The maximum atomic E-state index is 14.0. The standard InChI is InChI=1S/C15H14BrClFNO/c1-9(19-2)10-3-5-15(13(18)7-10)20-14-6-4-11(16)8-12(14)17/h3-9,19H,1-2H3. The molecule has 0 fully saturated rings. The molecule has 2 nitrogen and oxygen atoms in total. The van der Waals surface area contributed by atoms with Crippen LogP contribution in [0.3, 0.4) is 0 Å². The number of rotatable bonds is 4. The Bertz CT molecular complexity index is 621. The predicted octanol–water partition coefficient (Wildman–Crippen LogP) is 5.31. The highest BCUT2D eigenvalue weighted by Gasteiger charge is 2.11. The molecule has 0 bridgehead atoms. The second-order valence-corrected chi connectivity index (χ2v) is 5.70. The molecular weight excluding hydrogens is 345 g/mol. The third-order valence-corrected chi connectivity index (χ3v) is 3.79. The van der Waals surface area contributed by atoms with Crippen LogP contribution in [0.15, 0.2) is 40.9 Å². The second-order valence-electron chi connectivity index (χ2n) is 4.38. The van der Waals surface area contributed by atoms with Gasteiger partial charge in [-0.3, -0.25) is 0 Å². The molecule has 1 N–H and O–H groups in total. The summed E-state index contributed by atoms with van der Waals surface area (Å²) in [5.74, 6) is 0.160. The lowest BCUT2D eigenvalue weighted by Crippen LogP contribution is -2.12. The summed E-state index contributed by atoms with van der Waals surface area (Å²) in [6, 6.07) is 10.2. The van der Waals surface area contributed by atoms with Gasteiger partial charge in [0.1, 0.15) is 5.75 Å². The lowest BCUT2D eigenvalue weighted by atomic mass is 10.1. The zero-order chi connectivity index (χ0) is 14.7. The molecule has 0 heterocycles. The Kier molecular flexibility index (Phi) is 5.02. The van der Waals surface area contributed by atoms with Crippen molar-refractivity contribution >= 4 is 27.5 Å². The van der Waals surface area contributed by atoms with E-state index < -0.39 is 5.82 Å². The van der Waals surface area contributed by atoms with E-state index in [0.717, 1.165) is 10.0 Å². The molecule has 5 heteroatoms. The summed E-state index contributed by atoms with van der Waals surface area (Å²) >= 11 is 9.36. The van der Waals surface area contributed by atoms with Crippen molar-refractivity contribution in [1.82, 2.24) is 5.32 Å². The lowest BCUT2D eigenvalue weighted by molar-refractivity contribution is 0.441. The molecule has 0 aliphatic rings. The van der Waals surface area contributed by atoms with Crippen LogP contribution in [0.4, 0.5) is 4.39 Å². The topological polar surface area (TPSA) is 21.3 Å². The van der Waals surface area contributed by atoms with E-state index in [1.807, 2.05) is 20.0 Å². The van der Waals surface area contributed by atoms with Gasteiger partial charge in [0.2, 0.25) is 0 Å². The fourth-order valence-electron chi connectivity index (χ4n) is 1.71. The van der Waals surface area contributed by atoms with Gasteiger partial charge in [0.25, 0.3) is 0 Å². The molecule has 0 aliphatic carbocycles. The Morgan fingerprint density at radius 1 is 1.20 bits per heavy atom. The molecule has 2 aromatic carbocycles. The molecule has 0 radical (unpaired) electrons. The molecule has 0 aromatic heterocycles. The molecular formula is C15H14BrClFNO. The summed E-state index contributed by atoms with van der Waals surface area (Å²) in [5, 5.41) is 3.48. The summed E-state index contributed by atoms with van der Waals surface area (Å²) in [7, 11) is 1.83. The second kappa shape index (κ2) is 6.57. The Morgan fingerprint density at radius 2 is 1.90 bits per heavy atom. The van der Waals surface area contributed by atoms with Crippen LogP contribution in [0.5, 0.6) is 11.5 Å². The van der Waals surface area contributed by atoms with Gasteiger partial charge < -0.3 is 10.1 Å². The van der Waals surface area contributed by atoms with Crippen LogP contribution in [0.2, 0.25) is 5.02 Å². The van der Waals surface area contributed by atoms with E-state index in [0.29, 0.717) is 10.8 Å². The molecule has 0 saturated carbocycles. The van der Waals surface area contributed by atoms with Crippen LogP contribution in [0, 0.1) is 5.82 Å². The largest absolute Gasteiger partial charge is 0.453 e. The van der Waals surface area contributed by atoms with Gasteiger partial charge in [0.15, 0.2) is 11.6 Å². The first-order valence-corrected chi connectivity index (χ1v) is 7.28. The van der Waals surface area contributed by atoms with Crippen molar-refractivity contribution in [3.63, 3.8) is 0 Å². The normalized spacial score (nSPS) is 12.2. The summed E-state index contributed by atoms with van der Waals surface area (Å²) in [6.45, 7) is 1.96. The predicted molar refractivity (Wildman–Crippen MR) is 83.1 cm³/mol. The van der Waals surface area contributed by atoms with Crippen molar-refractivity contribution in [1.29, 1.82) is 0 Å². The zero-order valence-electron chi connectivity index (χ0n) is 11.1. The van der Waals surface area contributed by atoms with Crippen LogP contribution in [0.25, 0.3) is 0 Å². The molecule has 2 rings (SSSR count). The van der Waals surface area contributed by atoms with Crippen molar-refractivity contribution in [2.24, 2.45) is 0 Å². The van der Waals surface area contributed by atoms with Gasteiger partial charge in [-0.1, -0.05) is 33.6 Å². The number of nitrogens with one attached hydrogen (secondary N) is 1. The third kappa shape index (κ3) is 3.51. The maximum Gasteiger partial charge on any atom is 0.166 e. The molecule has 0 amide bonds. The number of hydrogen-bond acceptors (Lipinski definition) is 2. The van der Waals surface area contributed by atoms with Gasteiger partial charge in [-0.2, -0.15) is 0 Å². The lowest BCUT2D eigenvalue weighted by Gasteiger charge is -2.13. The molecule has 1 atom stereocenters. The minimum Gasteiger partial charge on any atom is -0.453 e. The third-order valence-electron chi connectivity index (χ3n) is 3.00. The zero-order valence-corrected chi connectivity index (χ0v) is 13.4. The van der Waals surface area contributed by atoms with Crippen LogP contribution < -0.4 is 10.1 Å². The van der Waals surface area contributed by atoms with Crippen molar-refractivity contribution in [2.45, 2.75) is 13.0 Å². The van der Waals surface area contributed by atoms with Gasteiger partial charge in [-0.05, 0) is 49.9 Å². The Hall–Kier alpha value is -1.10. The summed E-state index contributed by atoms with van der Waals surface area (Å²) in [6.07, 6.45) is 0. The SMILES string of the molecule is CNC(C)c1ccc(Oc2ccc(Br)cc2Cl)c(F)c1. The highest BCUT2D eigenvalue weighted by molar-refractivity contribution is 9.10. The average molecular weight is 359 g/mol. The van der Waals surface area contributed by atoms with E-state index >= 15 is 0 Å². The van der Waals surface area contributed by atoms with Crippen LogP contribution in [-0.2, 0) is 0 Å². The Balaban J connectivity index is 2.25. The highest BCUT2D eigenvalue weighted by Crippen LogP contribution is 2.33. The number of hydrogen-bond donors (Lipinski definition) is 1.